The minimum Gasteiger partial charge on any atom is -0.482 e. The normalized spacial score (nSPS) is 13.4. The maximum Gasteiger partial charge on any atom is 0.265 e. The van der Waals surface area contributed by atoms with Gasteiger partial charge in [-0.3, -0.25) is 9.59 Å². The standard InChI is InChI=1S/C17H17ClN2O3S/c1-19(10-12-6-7-15(18)24-12)16(21)8-9-20-13-4-2-3-5-14(13)23-11-17(20)22/h2-7H,8-11H2,1H3. The maximum atomic E-state index is 12.3. The molecule has 1 aliphatic heterocycles. The largest absolute Gasteiger partial charge is 0.482 e. The number of halogens is 1. The third kappa shape index (κ3) is 3.71. The highest BCUT2D eigenvalue weighted by Crippen LogP contribution is 2.31. The minimum absolute atomic E-state index is 0.00867. The molecule has 1 aromatic carbocycles. The summed E-state index contributed by atoms with van der Waals surface area (Å²) in [5.41, 5.74) is 0.717. The topological polar surface area (TPSA) is 49.9 Å². The first-order chi connectivity index (χ1) is 11.5. The molecule has 0 atom stereocenters. The van der Waals surface area contributed by atoms with Crippen LogP contribution in [0.4, 0.5) is 5.69 Å². The zero-order valence-corrected chi connectivity index (χ0v) is 14.8. The molecular formula is C17H17ClN2O3S. The number of fused-ring (bicyclic) bond motifs is 1. The summed E-state index contributed by atoms with van der Waals surface area (Å²) < 4.78 is 6.11. The molecule has 0 unspecified atom stereocenters. The highest BCUT2D eigenvalue weighted by atomic mass is 35.5. The van der Waals surface area contributed by atoms with E-state index >= 15 is 0 Å². The van der Waals surface area contributed by atoms with Gasteiger partial charge in [0.25, 0.3) is 5.91 Å². The monoisotopic (exact) mass is 364 g/mol. The Hall–Kier alpha value is -2.05. The fraction of sp³-hybridized carbons (Fsp3) is 0.294. The number of hydrogen-bond donors (Lipinski definition) is 0. The van der Waals surface area contributed by atoms with Crippen LogP contribution >= 0.6 is 22.9 Å². The molecule has 0 spiro atoms. The molecule has 0 aliphatic carbocycles. The number of anilines is 1. The summed E-state index contributed by atoms with van der Waals surface area (Å²) >= 11 is 7.37. The second kappa shape index (κ2) is 7.23. The van der Waals surface area contributed by atoms with Crippen molar-refractivity contribution >= 4 is 40.4 Å². The number of carbonyl (C=O) groups excluding carboxylic acids is 2. The summed E-state index contributed by atoms with van der Waals surface area (Å²) in [6.45, 7) is 0.867. The lowest BCUT2D eigenvalue weighted by Crippen LogP contribution is -2.41. The molecule has 0 N–H and O–H groups in total. The van der Waals surface area contributed by atoms with E-state index < -0.39 is 0 Å². The minimum atomic E-state index is -0.130. The van der Waals surface area contributed by atoms with Gasteiger partial charge in [0.15, 0.2) is 6.61 Å². The summed E-state index contributed by atoms with van der Waals surface area (Å²) in [5, 5.41) is 0. The molecule has 1 aliphatic rings. The number of carbonyl (C=O) groups is 2. The lowest BCUT2D eigenvalue weighted by Gasteiger charge is -2.29. The first-order valence-corrected chi connectivity index (χ1v) is 8.74. The van der Waals surface area contributed by atoms with Crippen LogP contribution in [-0.2, 0) is 16.1 Å². The summed E-state index contributed by atoms with van der Waals surface area (Å²) in [5.74, 6) is 0.525. The Balaban J connectivity index is 1.60. The van der Waals surface area contributed by atoms with Crippen molar-refractivity contribution in [3.8, 4) is 5.75 Å². The third-order valence-corrected chi connectivity index (χ3v) is 5.02. The van der Waals surface area contributed by atoms with Gasteiger partial charge >= 0.3 is 0 Å². The fourth-order valence-electron chi connectivity index (χ4n) is 2.56. The summed E-state index contributed by atoms with van der Waals surface area (Å²) in [7, 11) is 1.76. The summed E-state index contributed by atoms with van der Waals surface area (Å²) in [4.78, 5) is 28.7. The molecule has 24 heavy (non-hydrogen) atoms. The zero-order chi connectivity index (χ0) is 17.1. The SMILES string of the molecule is CN(Cc1ccc(Cl)s1)C(=O)CCN1C(=O)COc2ccccc21. The number of nitrogens with zero attached hydrogens (tertiary/aromatic N) is 2. The number of hydrogen-bond acceptors (Lipinski definition) is 4. The smallest absolute Gasteiger partial charge is 0.265 e. The second-order valence-corrected chi connectivity index (χ2v) is 7.31. The van der Waals surface area contributed by atoms with Crippen LogP contribution in [0.25, 0.3) is 0 Å². The number of benzene rings is 1. The van der Waals surface area contributed by atoms with E-state index in [1.54, 1.807) is 16.8 Å². The Morgan fingerprint density at radius 1 is 1.33 bits per heavy atom. The molecule has 0 saturated heterocycles. The van der Waals surface area contributed by atoms with Crippen molar-refractivity contribution in [2.75, 3.05) is 25.1 Å². The molecular weight excluding hydrogens is 348 g/mol. The average molecular weight is 365 g/mol. The van der Waals surface area contributed by atoms with Crippen molar-refractivity contribution < 1.29 is 14.3 Å². The lowest BCUT2D eigenvalue weighted by molar-refractivity contribution is -0.130. The van der Waals surface area contributed by atoms with Crippen LogP contribution in [0.1, 0.15) is 11.3 Å². The van der Waals surface area contributed by atoms with E-state index in [4.69, 9.17) is 16.3 Å². The predicted molar refractivity (Wildman–Crippen MR) is 94.7 cm³/mol. The number of thiophene rings is 1. The highest BCUT2D eigenvalue weighted by molar-refractivity contribution is 7.16. The molecule has 1 aromatic heterocycles. The maximum absolute atomic E-state index is 12.3. The van der Waals surface area contributed by atoms with Gasteiger partial charge in [-0.1, -0.05) is 23.7 Å². The van der Waals surface area contributed by atoms with Crippen LogP contribution in [-0.4, -0.2) is 36.9 Å². The van der Waals surface area contributed by atoms with E-state index in [-0.39, 0.29) is 24.8 Å². The Kier molecular flexibility index (Phi) is 5.06. The van der Waals surface area contributed by atoms with Crippen LogP contribution in [0, 0.1) is 0 Å². The van der Waals surface area contributed by atoms with Crippen molar-refractivity contribution in [1.29, 1.82) is 0 Å². The van der Waals surface area contributed by atoms with E-state index in [2.05, 4.69) is 0 Å². The van der Waals surface area contributed by atoms with Gasteiger partial charge in [0.2, 0.25) is 5.91 Å². The van der Waals surface area contributed by atoms with Gasteiger partial charge in [-0.2, -0.15) is 0 Å². The summed E-state index contributed by atoms with van der Waals surface area (Å²) in [6, 6.07) is 11.1. The Morgan fingerprint density at radius 3 is 2.88 bits per heavy atom. The van der Waals surface area contributed by atoms with Gasteiger partial charge in [-0.25, -0.2) is 0 Å². The Labute approximate surface area is 149 Å². The fourth-order valence-corrected chi connectivity index (χ4v) is 3.70. The molecule has 2 heterocycles. The van der Waals surface area contributed by atoms with E-state index in [0.29, 0.717) is 28.9 Å². The molecule has 0 radical (unpaired) electrons. The van der Waals surface area contributed by atoms with Gasteiger partial charge in [-0.15, -0.1) is 11.3 Å². The van der Waals surface area contributed by atoms with E-state index in [0.717, 1.165) is 4.88 Å². The van der Waals surface area contributed by atoms with Crippen molar-refractivity contribution in [3.05, 3.63) is 45.6 Å². The van der Waals surface area contributed by atoms with Crippen molar-refractivity contribution in [3.63, 3.8) is 0 Å². The molecule has 0 saturated carbocycles. The zero-order valence-electron chi connectivity index (χ0n) is 13.2. The molecule has 3 rings (SSSR count). The van der Waals surface area contributed by atoms with Crippen molar-refractivity contribution in [2.45, 2.75) is 13.0 Å². The highest BCUT2D eigenvalue weighted by Gasteiger charge is 2.25. The van der Waals surface area contributed by atoms with Crippen LogP contribution in [0.2, 0.25) is 4.34 Å². The van der Waals surface area contributed by atoms with Crippen LogP contribution in [0.15, 0.2) is 36.4 Å². The number of para-hydroxylation sites is 2. The van der Waals surface area contributed by atoms with Gasteiger partial charge in [-0.05, 0) is 24.3 Å². The van der Waals surface area contributed by atoms with Gasteiger partial charge in [0, 0.05) is 24.9 Å². The molecule has 0 fully saturated rings. The molecule has 2 amide bonds. The predicted octanol–water partition coefficient (Wildman–Crippen LogP) is 3.18. The van der Waals surface area contributed by atoms with Crippen LogP contribution in [0.5, 0.6) is 5.75 Å². The molecule has 0 bridgehead atoms. The Morgan fingerprint density at radius 2 is 2.12 bits per heavy atom. The molecule has 2 aromatic rings. The van der Waals surface area contributed by atoms with Crippen LogP contribution in [0.3, 0.4) is 0 Å². The number of rotatable bonds is 5. The second-order valence-electron chi connectivity index (χ2n) is 5.51. The lowest BCUT2D eigenvalue weighted by atomic mass is 10.2. The molecule has 126 valence electrons. The first kappa shape index (κ1) is 16.8. The number of amides is 2. The van der Waals surface area contributed by atoms with E-state index in [1.807, 2.05) is 36.4 Å². The van der Waals surface area contributed by atoms with Gasteiger partial charge < -0.3 is 14.5 Å². The quantitative estimate of drug-likeness (QED) is 0.818. The van der Waals surface area contributed by atoms with Gasteiger partial charge in [0.05, 0.1) is 16.6 Å². The van der Waals surface area contributed by atoms with Crippen LogP contribution < -0.4 is 9.64 Å². The first-order valence-electron chi connectivity index (χ1n) is 7.55. The molecule has 5 nitrogen and oxygen atoms in total. The third-order valence-electron chi connectivity index (χ3n) is 3.81. The number of ether oxygens (including phenoxy) is 1. The van der Waals surface area contributed by atoms with E-state index in [9.17, 15) is 9.59 Å². The summed E-state index contributed by atoms with van der Waals surface area (Å²) in [6.07, 6.45) is 0.260. The van der Waals surface area contributed by atoms with Gasteiger partial charge in [0.1, 0.15) is 5.75 Å². The average Bonchev–Trinajstić information content (AvgIpc) is 2.98. The van der Waals surface area contributed by atoms with Crippen molar-refractivity contribution in [1.82, 2.24) is 4.90 Å². The molecule has 7 heteroatoms. The Bertz CT molecular complexity index is 762. The van der Waals surface area contributed by atoms with E-state index in [1.165, 1.54) is 11.3 Å². The van der Waals surface area contributed by atoms with Crippen molar-refractivity contribution in [2.24, 2.45) is 0 Å².